The number of nitrogens with one attached hydrogen (secondary N) is 1. The third kappa shape index (κ3) is 2.48. The van der Waals surface area contributed by atoms with Crippen molar-refractivity contribution in [3.05, 3.63) is 22.2 Å². The molecule has 1 unspecified atom stereocenters. The van der Waals surface area contributed by atoms with Gasteiger partial charge in [-0.3, -0.25) is 0 Å². The number of hydrogen-bond donors (Lipinski definition) is 1. The smallest absolute Gasteiger partial charge is 0.175 e. The maximum absolute atomic E-state index is 5.76. The van der Waals surface area contributed by atoms with E-state index in [1.807, 2.05) is 6.07 Å². The molecule has 2 aliphatic heterocycles. The molecule has 4 nitrogen and oxygen atoms in total. The molecule has 0 aliphatic carbocycles. The SMILES string of the molecule is Brc1cc(C2CNCCO2)cc2c1OCCCO2. The number of ether oxygens (including phenoxy) is 3. The Morgan fingerprint density at radius 1 is 1.17 bits per heavy atom. The molecule has 1 atom stereocenters. The first-order valence-corrected chi connectivity index (χ1v) is 7.05. The van der Waals surface area contributed by atoms with Crippen LogP contribution in [0.15, 0.2) is 16.6 Å². The minimum Gasteiger partial charge on any atom is -0.490 e. The monoisotopic (exact) mass is 313 g/mol. The van der Waals surface area contributed by atoms with E-state index >= 15 is 0 Å². The summed E-state index contributed by atoms with van der Waals surface area (Å²) in [6.07, 6.45) is 1.00. The Bertz CT molecular complexity index is 432. The molecule has 1 saturated heterocycles. The molecule has 1 aromatic carbocycles. The highest BCUT2D eigenvalue weighted by atomic mass is 79.9. The number of benzene rings is 1. The average Bonchev–Trinajstić information content (AvgIpc) is 2.65. The Morgan fingerprint density at radius 3 is 2.89 bits per heavy atom. The van der Waals surface area contributed by atoms with Crippen molar-refractivity contribution in [1.29, 1.82) is 0 Å². The van der Waals surface area contributed by atoms with E-state index in [0.717, 1.165) is 47.7 Å². The van der Waals surface area contributed by atoms with E-state index in [4.69, 9.17) is 14.2 Å². The lowest BCUT2D eigenvalue weighted by molar-refractivity contribution is 0.0275. The van der Waals surface area contributed by atoms with E-state index < -0.39 is 0 Å². The van der Waals surface area contributed by atoms with E-state index in [0.29, 0.717) is 13.2 Å². The Kier molecular flexibility index (Phi) is 3.72. The average molecular weight is 314 g/mol. The molecule has 0 saturated carbocycles. The lowest BCUT2D eigenvalue weighted by Gasteiger charge is -2.25. The van der Waals surface area contributed by atoms with Crippen LogP contribution >= 0.6 is 15.9 Å². The molecule has 5 heteroatoms. The van der Waals surface area contributed by atoms with Crippen LogP contribution in [-0.2, 0) is 4.74 Å². The summed E-state index contributed by atoms with van der Waals surface area (Å²) in [4.78, 5) is 0. The van der Waals surface area contributed by atoms with Gasteiger partial charge in [-0.2, -0.15) is 0 Å². The lowest BCUT2D eigenvalue weighted by Crippen LogP contribution is -2.33. The Morgan fingerprint density at radius 2 is 2.06 bits per heavy atom. The van der Waals surface area contributed by atoms with Gasteiger partial charge in [0.15, 0.2) is 11.5 Å². The quantitative estimate of drug-likeness (QED) is 0.863. The van der Waals surface area contributed by atoms with Gasteiger partial charge in [0.25, 0.3) is 0 Å². The van der Waals surface area contributed by atoms with Crippen molar-refractivity contribution < 1.29 is 14.2 Å². The van der Waals surface area contributed by atoms with Gasteiger partial charge < -0.3 is 19.5 Å². The van der Waals surface area contributed by atoms with Crippen LogP contribution in [0.1, 0.15) is 18.1 Å². The summed E-state index contributed by atoms with van der Waals surface area (Å²) >= 11 is 3.55. The van der Waals surface area contributed by atoms with Crippen molar-refractivity contribution >= 4 is 15.9 Å². The summed E-state index contributed by atoms with van der Waals surface area (Å²) in [5.74, 6) is 1.62. The summed E-state index contributed by atoms with van der Waals surface area (Å²) in [7, 11) is 0. The molecule has 3 rings (SSSR count). The number of fused-ring (bicyclic) bond motifs is 1. The lowest BCUT2D eigenvalue weighted by atomic mass is 10.1. The molecular weight excluding hydrogens is 298 g/mol. The maximum atomic E-state index is 5.76. The number of morpholine rings is 1. The number of hydrogen-bond acceptors (Lipinski definition) is 4. The fraction of sp³-hybridized carbons (Fsp3) is 0.538. The van der Waals surface area contributed by atoms with Crippen molar-refractivity contribution in [2.45, 2.75) is 12.5 Å². The van der Waals surface area contributed by atoms with Crippen LogP contribution in [0.2, 0.25) is 0 Å². The van der Waals surface area contributed by atoms with Gasteiger partial charge in [-0.15, -0.1) is 0 Å². The molecule has 1 N–H and O–H groups in total. The highest BCUT2D eigenvalue weighted by Crippen LogP contribution is 2.40. The Balaban J connectivity index is 1.91. The van der Waals surface area contributed by atoms with Gasteiger partial charge in [-0.25, -0.2) is 0 Å². The van der Waals surface area contributed by atoms with Crippen LogP contribution < -0.4 is 14.8 Å². The molecule has 18 heavy (non-hydrogen) atoms. The van der Waals surface area contributed by atoms with Gasteiger partial charge in [-0.1, -0.05) is 0 Å². The summed E-state index contributed by atoms with van der Waals surface area (Å²) < 4.78 is 18.1. The fourth-order valence-electron chi connectivity index (χ4n) is 2.22. The molecule has 0 spiro atoms. The zero-order valence-electron chi connectivity index (χ0n) is 10.1. The highest BCUT2D eigenvalue weighted by Gasteiger charge is 2.21. The van der Waals surface area contributed by atoms with Crippen molar-refractivity contribution in [3.63, 3.8) is 0 Å². The molecule has 0 aromatic heterocycles. The minimum atomic E-state index is 0.0900. The first-order valence-electron chi connectivity index (χ1n) is 6.26. The van der Waals surface area contributed by atoms with Crippen molar-refractivity contribution in [2.24, 2.45) is 0 Å². The van der Waals surface area contributed by atoms with E-state index in [1.54, 1.807) is 0 Å². The standard InChI is InChI=1S/C13H16BrNO3/c14-10-6-9(12-8-15-2-5-17-12)7-11-13(10)18-4-1-3-16-11/h6-7,12,15H,1-5,8H2. The van der Waals surface area contributed by atoms with Crippen LogP contribution in [0.4, 0.5) is 0 Å². The second-order valence-corrected chi connectivity index (χ2v) is 5.30. The van der Waals surface area contributed by atoms with Crippen LogP contribution in [0.3, 0.4) is 0 Å². The van der Waals surface area contributed by atoms with Crippen molar-refractivity contribution in [1.82, 2.24) is 5.32 Å². The fourth-order valence-corrected chi connectivity index (χ4v) is 2.79. The zero-order chi connectivity index (χ0) is 12.4. The van der Waals surface area contributed by atoms with E-state index in [-0.39, 0.29) is 6.10 Å². The Hall–Kier alpha value is -0.780. The molecule has 0 radical (unpaired) electrons. The predicted octanol–water partition coefficient (Wildman–Crippen LogP) is 2.27. The first kappa shape index (κ1) is 12.3. The summed E-state index contributed by atoms with van der Waals surface area (Å²) in [5, 5.41) is 3.33. The largest absolute Gasteiger partial charge is 0.490 e. The maximum Gasteiger partial charge on any atom is 0.175 e. The van der Waals surface area contributed by atoms with Gasteiger partial charge in [-0.05, 0) is 33.6 Å². The minimum absolute atomic E-state index is 0.0900. The molecular formula is C13H16BrNO3. The van der Waals surface area contributed by atoms with Crippen LogP contribution in [0.25, 0.3) is 0 Å². The summed E-state index contributed by atoms with van der Waals surface area (Å²) in [6.45, 7) is 3.91. The third-order valence-electron chi connectivity index (χ3n) is 3.12. The Labute approximate surface area is 115 Å². The zero-order valence-corrected chi connectivity index (χ0v) is 11.7. The summed E-state index contributed by atoms with van der Waals surface area (Å²) in [5.41, 5.74) is 1.12. The molecule has 0 bridgehead atoms. The molecule has 0 amide bonds. The molecule has 2 aliphatic rings. The van der Waals surface area contributed by atoms with Gasteiger partial charge in [0, 0.05) is 19.5 Å². The predicted molar refractivity (Wildman–Crippen MR) is 71.3 cm³/mol. The molecule has 98 valence electrons. The summed E-state index contributed by atoms with van der Waals surface area (Å²) in [6, 6.07) is 4.09. The van der Waals surface area contributed by atoms with E-state index in [9.17, 15) is 0 Å². The molecule has 2 heterocycles. The van der Waals surface area contributed by atoms with E-state index in [2.05, 4.69) is 27.3 Å². The van der Waals surface area contributed by atoms with Gasteiger partial charge in [0.05, 0.1) is 30.4 Å². The topological polar surface area (TPSA) is 39.7 Å². The molecule has 1 fully saturated rings. The number of halogens is 1. The van der Waals surface area contributed by atoms with Crippen molar-refractivity contribution in [3.8, 4) is 11.5 Å². The number of rotatable bonds is 1. The normalized spacial score (nSPS) is 23.5. The van der Waals surface area contributed by atoms with Gasteiger partial charge in [0.2, 0.25) is 0 Å². The first-order chi connectivity index (χ1) is 8.84. The van der Waals surface area contributed by atoms with Gasteiger partial charge >= 0.3 is 0 Å². The van der Waals surface area contributed by atoms with Crippen molar-refractivity contribution in [2.75, 3.05) is 32.9 Å². The third-order valence-corrected chi connectivity index (χ3v) is 3.71. The van der Waals surface area contributed by atoms with Gasteiger partial charge in [0.1, 0.15) is 0 Å². The van der Waals surface area contributed by atoms with Crippen LogP contribution in [0, 0.1) is 0 Å². The second kappa shape index (κ2) is 5.47. The van der Waals surface area contributed by atoms with E-state index in [1.165, 1.54) is 0 Å². The molecule has 1 aromatic rings. The second-order valence-electron chi connectivity index (χ2n) is 4.44. The van der Waals surface area contributed by atoms with Crippen LogP contribution in [-0.4, -0.2) is 32.9 Å². The van der Waals surface area contributed by atoms with Crippen LogP contribution in [0.5, 0.6) is 11.5 Å². The highest BCUT2D eigenvalue weighted by molar-refractivity contribution is 9.10.